The van der Waals surface area contributed by atoms with E-state index in [0.717, 1.165) is 11.0 Å². The first-order valence-electron chi connectivity index (χ1n) is 12.0. The molecule has 1 aliphatic heterocycles. The first kappa shape index (κ1) is 26.2. The van der Waals surface area contributed by atoms with Crippen molar-refractivity contribution in [3.63, 3.8) is 0 Å². The lowest BCUT2D eigenvalue weighted by Gasteiger charge is -2.24. The molecule has 3 heterocycles. The Kier molecular flexibility index (Phi) is 7.07. The Morgan fingerprint density at radius 3 is 2.65 bits per heavy atom. The van der Waals surface area contributed by atoms with Gasteiger partial charge >= 0.3 is 0 Å². The third-order valence-electron chi connectivity index (χ3n) is 6.26. The standard InChI is InChI=1S/C27H21F2N7O4/c28-16-12-20(27(40)33-18-3-1-4-21(37)24(18)29)35(13-16)23(38)14-36-19-7-5-15(6-8-22-31-9-2-10-32-22)11-17(19)25(34-36)26(30)39/h1-5,7,9-11,16,20,37H,12-14H2,(H2,30,39)(H,33,40)/t16-,20+/m1/s1. The number of alkyl halides is 1. The molecular formula is C27H21F2N7O4. The maximum atomic E-state index is 14.4. The van der Waals surface area contributed by atoms with Gasteiger partial charge in [-0.15, -0.1) is 0 Å². The fraction of sp³-hybridized carbons (Fsp3) is 0.185. The van der Waals surface area contributed by atoms with Crippen molar-refractivity contribution >= 4 is 34.3 Å². The van der Waals surface area contributed by atoms with Gasteiger partial charge in [-0.2, -0.15) is 5.10 Å². The summed E-state index contributed by atoms with van der Waals surface area (Å²) in [6, 6.07) is 8.94. The van der Waals surface area contributed by atoms with Crippen molar-refractivity contribution in [2.45, 2.75) is 25.2 Å². The minimum absolute atomic E-state index is 0.0964. The number of phenolic OH excluding ortho intramolecular Hbond substituents is 1. The van der Waals surface area contributed by atoms with Crippen molar-refractivity contribution < 1.29 is 28.3 Å². The van der Waals surface area contributed by atoms with Crippen LogP contribution in [0.25, 0.3) is 10.9 Å². The zero-order chi connectivity index (χ0) is 28.4. The number of hydrogen-bond acceptors (Lipinski definition) is 7. The van der Waals surface area contributed by atoms with Crippen molar-refractivity contribution in [1.29, 1.82) is 0 Å². The van der Waals surface area contributed by atoms with E-state index in [-0.39, 0.29) is 24.3 Å². The van der Waals surface area contributed by atoms with Crippen LogP contribution >= 0.6 is 0 Å². The number of carbonyl (C=O) groups excluding carboxylic acids is 3. The normalized spacial score (nSPS) is 16.4. The SMILES string of the molecule is NC(=O)c1nn(CC(=O)N2C[C@H](F)C[C@H]2C(=O)Nc2cccc(O)c2F)c2ccc(C#Cc3ncccn3)cc12. The second kappa shape index (κ2) is 10.8. The summed E-state index contributed by atoms with van der Waals surface area (Å²) in [4.78, 5) is 47.3. The number of nitrogens with one attached hydrogen (secondary N) is 1. The van der Waals surface area contributed by atoms with Gasteiger partial charge in [0.1, 0.15) is 18.8 Å². The third-order valence-corrected chi connectivity index (χ3v) is 6.26. The molecule has 0 aliphatic carbocycles. The van der Waals surface area contributed by atoms with Gasteiger partial charge in [-0.05, 0) is 42.3 Å². The molecule has 1 fully saturated rings. The van der Waals surface area contributed by atoms with Gasteiger partial charge in [0.15, 0.2) is 17.3 Å². The van der Waals surface area contributed by atoms with Crippen LogP contribution in [-0.4, -0.2) is 66.2 Å². The number of fused-ring (bicyclic) bond motifs is 1. The number of hydrogen-bond donors (Lipinski definition) is 3. The topological polar surface area (TPSA) is 156 Å². The molecule has 4 aromatic rings. The molecule has 202 valence electrons. The van der Waals surface area contributed by atoms with Crippen molar-refractivity contribution in [2.24, 2.45) is 5.73 Å². The lowest BCUT2D eigenvalue weighted by Crippen LogP contribution is -2.44. The number of nitrogens with zero attached hydrogens (tertiary/aromatic N) is 5. The Morgan fingerprint density at radius 1 is 1.12 bits per heavy atom. The van der Waals surface area contributed by atoms with E-state index in [2.05, 4.69) is 32.2 Å². The van der Waals surface area contributed by atoms with Gasteiger partial charge in [-0.3, -0.25) is 19.1 Å². The molecular weight excluding hydrogens is 524 g/mol. The minimum Gasteiger partial charge on any atom is -0.505 e. The van der Waals surface area contributed by atoms with Gasteiger partial charge in [-0.25, -0.2) is 18.7 Å². The summed E-state index contributed by atoms with van der Waals surface area (Å²) in [6.07, 6.45) is 1.32. The molecule has 0 radical (unpaired) electrons. The average Bonchev–Trinajstić information content (AvgIpc) is 3.51. The summed E-state index contributed by atoms with van der Waals surface area (Å²) in [5.41, 5.74) is 6.03. The van der Waals surface area contributed by atoms with E-state index in [9.17, 15) is 28.3 Å². The summed E-state index contributed by atoms with van der Waals surface area (Å²) >= 11 is 0. The highest BCUT2D eigenvalue weighted by Crippen LogP contribution is 2.27. The number of anilines is 1. The maximum Gasteiger partial charge on any atom is 0.269 e. The van der Waals surface area contributed by atoms with Crippen molar-refractivity contribution in [3.05, 3.63) is 77.8 Å². The molecule has 40 heavy (non-hydrogen) atoms. The first-order chi connectivity index (χ1) is 19.2. The van der Waals surface area contributed by atoms with Crippen LogP contribution in [0.4, 0.5) is 14.5 Å². The summed E-state index contributed by atoms with van der Waals surface area (Å²) in [5, 5.41) is 16.4. The molecule has 0 bridgehead atoms. The van der Waals surface area contributed by atoms with Crippen LogP contribution in [0, 0.1) is 17.7 Å². The van der Waals surface area contributed by atoms with Gasteiger partial charge in [0.25, 0.3) is 5.91 Å². The lowest BCUT2D eigenvalue weighted by atomic mass is 10.1. The zero-order valence-corrected chi connectivity index (χ0v) is 20.7. The van der Waals surface area contributed by atoms with Crippen molar-refractivity contribution in [1.82, 2.24) is 24.6 Å². The lowest BCUT2D eigenvalue weighted by molar-refractivity contribution is -0.137. The van der Waals surface area contributed by atoms with Crippen LogP contribution in [-0.2, 0) is 16.1 Å². The minimum atomic E-state index is -1.49. The fourth-order valence-corrected chi connectivity index (χ4v) is 4.41. The van der Waals surface area contributed by atoms with Gasteiger partial charge in [0.05, 0.1) is 17.7 Å². The summed E-state index contributed by atoms with van der Waals surface area (Å²) in [6.45, 7) is -0.785. The molecule has 4 N–H and O–H groups in total. The molecule has 0 saturated carbocycles. The second-order valence-electron chi connectivity index (χ2n) is 8.95. The van der Waals surface area contributed by atoms with Crippen LogP contribution in [0.3, 0.4) is 0 Å². The van der Waals surface area contributed by atoms with E-state index in [4.69, 9.17) is 5.73 Å². The largest absolute Gasteiger partial charge is 0.505 e. The van der Waals surface area contributed by atoms with Crippen LogP contribution in [0.1, 0.15) is 28.3 Å². The number of phenols is 1. The van der Waals surface area contributed by atoms with Crippen LogP contribution in [0.5, 0.6) is 5.75 Å². The molecule has 11 nitrogen and oxygen atoms in total. The molecule has 2 aromatic carbocycles. The molecule has 2 atom stereocenters. The Morgan fingerprint density at radius 2 is 1.90 bits per heavy atom. The number of rotatable bonds is 5. The van der Waals surface area contributed by atoms with E-state index < -0.39 is 48.0 Å². The smallest absolute Gasteiger partial charge is 0.269 e. The Bertz CT molecular complexity index is 1700. The van der Waals surface area contributed by atoms with E-state index in [1.54, 1.807) is 36.7 Å². The van der Waals surface area contributed by atoms with E-state index >= 15 is 0 Å². The number of aromatic hydroxyl groups is 1. The number of aromatic nitrogens is 4. The molecule has 0 unspecified atom stereocenters. The molecule has 3 amide bonds. The molecule has 1 saturated heterocycles. The van der Waals surface area contributed by atoms with Gasteiger partial charge in [0, 0.05) is 29.8 Å². The van der Waals surface area contributed by atoms with Gasteiger partial charge in [-0.1, -0.05) is 12.0 Å². The molecule has 0 spiro atoms. The highest BCUT2D eigenvalue weighted by molar-refractivity contribution is 6.05. The Labute approximate surface area is 225 Å². The predicted molar refractivity (Wildman–Crippen MR) is 138 cm³/mol. The zero-order valence-electron chi connectivity index (χ0n) is 20.7. The number of primary amides is 1. The highest BCUT2D eigenvalue weighted by atomic mass is 19.1. The molecule has 5 rings (SSSR count). The number of halogens is 2. The monoisotopic (exact) mass is 545 g/mol. The third kappa shape index (κ3) is 5.28. The summed E-state index contributed by atoms with van der Waals surface area (Å²) < 4.78 is 29.8. The Hall–Kier alpha value is -5.38. The number of amides is 3. The molecule has 13 heteroatoms. The number of benzene rings is 2. The van der Waals surface area contributed by atoms with Crippen LogP contribution in [0.15, 0.2) is 54.9 Å². The van der Waals surface area contributed by atoms with Crippen LogP contribution < -0.4 is 11.1 Å². The molecule has 1 aliphatic rings. The van der Waals surface area contributed by atoms with Gasteiger partial charge in [0.2, 0.25) is 17.6 Å². The first-order valence-corrected chi connectivity index (χ1v) is 12.0. The summed E-state index contributed by atoms with van der Waals surface area (Å²) in [5.74, 6) is 2.00. The average molecular weight is 546 g/mol. The predicted octanol–water partition coefficient (Wildman–Crippen LogP) is 1.75. The maximum absolute atomic E-state index is 14.4. The fourth-order valence-electron chi connectivity index (χ4n) is 4.41. The summed E-state index contributed by atoms with van der Waals surface area (Å²) in [7, 11) is 0. The number of nitrogens with two attached hydrogens (primary N) is 1. The van der Waals surface area contributed by atoms with E-state index in [1.165, 1.54) is 16.8 Å². The van der Waals surface area contributed by atoms with E-state index in [1.807, 2.05) is 0 Å². The second-order valence-corrected chi connectivity index (χ2v) is 8.95. The Balaban J connectivity index is 1.39. The number of likely N-dealkylation sites (tertiary alicyclic amines) is 1. The highest BCUT2D eigenvalue weighted by Gasteiger charge is 2.40. The quantitative estimate of drug-likeness (QED) is 0.323. The van der Waals surface area contributed by atoms with Gasteiger partial charge < -0.3 is 21.1 Å². The van der Waals surface area contributed by atoms with Crippen LogP contribution in [0.2, 0.25) is 0 Å². The van der Waals surface area contributed by atoms with Crippen molar-refractivity contribution in [2.75, 3.05) is 11.9 Å². The number of carbonyl (C=O) groups is 3. The van der Waals surface area contributed by atoms with Crippen molar-refractivity contribution in [3.8, 4) is 17.6 Å². The molecule has 2 aromatic heterocycles. The van der Waals surface area contributed by atoms with E-state index in [0.29, 0.717) is 22.3 Å².